The second-order valence-electron chi connectivity index (χ2n) is 6.78. The number of amides is 1. The Kier molecular flexibility index (Phi) is 6.36. The normalized spacial score (nSPS) is 11.7. The molecule has 0 saturated heterocycles. The second kappa shape index (κ2) is 9.13. The Morgan fingerprint density at radius 1 is 1.10 bits per heavy atom. The number of esters is 1. The molecular formula is C22H21N3O5. The number of aromatic amines is 1. The van der Waals surface area contributed by atoms with Gasteiger partial charge in [-0.1, -0.05) is 12.1 Å². The van der Waals surface area contributed by atoms with Gasteiger partial charge in [0.15, 0.2) is 6.10 Å². The molecule has 8 nitrogen and oxygen atoms in total. The van der Waals surface area contributed by atoms with Crippen molar-refractivity contribution in [1.82, 2.24) is 9.97 Å². The third kappa shape index (κ3) is 5.16. The largest absolute Gasteiger partial charge is 0.454 e. The summed E-state index contributed by atoms with van der Waals surface area (Å²) in [6, 6.07) is 13.3. The van der Waals surface area contributed by atoms with E-state index < -0.39 is 12.1 Å². The molecule has 0 aliphatic carbocycles. The van der Waals surface area contributed by atoms with Gasteiger partial charge in [-0.2, -0.15) is 0 Å². The van der Waals surface area contributed by atoms with Gasteiger partial charge in [0, 0.05) is 24.6 Å². The average Bonchev–Trinajstić information content (AvgIpc) is 2.72. The maximum atomic E-state index is 12.5. The van der Waals surface area contributed by atoms with Crippen LogP contribution in [0, 0.1) is 0 Å². The van der Waals surface area contributed by atoms with Gasteiger partial charge in [0.2, 0.25) is 11.7 Å². The van der Waals surface area contributed by atoms with E-state index >= 15 is 0 Å². The lowest BCUT2D eigenvalue weighted by molar-refractivity contribution is -0.146. The molecule has 1 aromatic heterocycles. The van der Waals surface area contributed by atoms with Crippen LogP contribution in [0.4, 0.5) is 5.69 Å². The van der Waals surface area contributed by atoms with Crippen molar-refractivity contribution in [3.05, 3.63) is 70.3 Å². The van der Waals surface area contributed by atoms with E-state index in [9.17, 15) is 19.2 Å². The summed E-state index contributed by atoms with van der Waals surface area (Å²) < 4.78 is 5.22. The molecule has 0 aliphatic rings. The van der Waals surface area contributed by atoms with E-state index in [4.69, 9.17) is 4.74 Å². The highest BCUT2D eigenvalue weighted by molar-refractivity contribution is 6.00. The van der Waals surface area contributed by atoms with Crippen molar-refractivity contribution >= 4 is 34.3 Å². The maximum Gasteiger partial charge on any atom is 0.306 e. The first-order valence-electron chi connectivity index (χ1n) is 9.43. The number of Topliss-reactive ketones (excluding diaryl/α,β-unsaturated/α-hetero) is 1. The van der Waals surface area contributed by atoms with Crippen LogP contribution >= 0.6 is 0 Å². The van der Waals surface area contributed by atoms with Gasteiger partial charge in [-0.15, -0.1) is 0 Å². The zero-order valence-corrected chi connectivity index (χ0v) is 16.6. The molecule has 1 heterocycles. The van der Waals surface area contributed by atoms with Gasteiger partial charge < -0.3 is 15.0 Å². The number of hydrogen-bond acceptors (Lipinski definition) is 6. The molecule has 1 amide bonds. The number of nitrogens with one attached hydrogen (secondary N) is 2. The molecule has 0 unspecified atom stereocenters. The van der Waals surface area contributed by atoms with Gasteiger partial charge in [0.05, 0.1) is 17.3 Å². The molecule has 8 heteroatoms. The summed E-state index contributed by atoms with van der Waals surface area (Å²) in [6.07, 6.45) is -0.807. The van der Waals surface area contributed by atoms with Crippen molar-refractivity contribution in [2.45, 2.75) is 32.8 Å². The number of carbonyl (C=O) groups excluding carboxylic acids is 3. The number of anilines is 1. The SMILES string of the molecule is CC(=O)Nc1ccc(C(=O)[C@H](C)OC(=O)CCc2nc3ccccc3c(=O)[nH]2)cc1. The standard InChI is InChI=1S/C22H21N3O5/c1-13(21(28)15-7-9-16(10-8-15)23-14(2)26)30-20(27)12-11-19-24-18-6-4-3-5-17(18)22(29)25-19/h3-10,13H,11-12H2,1-2H3,(H,23,26)(H,24,25,29)/t13-/m0/s1. The number of hydrogen-bond donors (Lipinski definition) is 2. The van der Waals surface area contributed by atoms with Gasteiger partial charge >= 0.3 is 5.97 Å². The highest BCUT2D eigenvalue weighted by Gasteiger charge is 2.19. The first-order chi connectivity index (χ1) is 14.3. The molecule has 2 N–H and O–H groups in total. The van der Waals surface area contributed by atoms with Crippen LogP contribution in [0.25, 0.3) is 10.9 Å². The fourth-order valence-electron chi connectivity index (χ4n) is 2.94. The predicted molar refractivity (Wildman–Crippen MR) is 111 cm³/mol. The fourth-order valence-corrected chi connectivity index (χ4v) is 2.94. The number of ether oxygens (including phenoxy) is 1. The van der Waals surface area contributed by atoms with Crippen LogP contribution < -0.4 is 10.9 Å². The summed E-state index contributed by atoms with van der Waals surface area (Å²) in [6.45, 7) is 2.89. The van der Waals surface area contributed by atoms with Gasteiger partial charge in [0.1, 0.15) is 5.82 Å². The van der Waals surface area contributed by atoms with E-state index in [1.807, 2.05) is 0 Å². The molecule has 0 spiro atoms. The molecule has 0 aliphatic heterocycles. The number of benzene rings is 2. The first kappa shape index (κ1) is 20.9. The molecular weight excluding hydrogens is 386 g/mol. The highest BCUT2D eigenvalue weighted by Crippen LogP contribution is 2.13. The van der Waals surface area contributed by atoms with Gasteiger partial charge in [-0.05, 0) is 43.3 Å². The monoisotopic (exact) mass is 407 g/mol. The number of ketones is 1. The van der Waals surface area contributed by atoms with Crippen LogP contribution in [0.3, 0.4) is 0 Å². The molecule has 30 heavy (non-hydrogen) atoms. The van der Waals surface area contributed by atoms with E-state index in [0.29, 0.717) is 28.0 Å². The van der Waals surface area contributed by atoms with E-state index in [0.717, 1.165) is 0 Å². The van der Waals surface area contributed by atoms with E-state index in [-0.39, 0.29) is 30.1 Å². The van der Waals surface area contributed by atoms with Crippen LogP contribution in [-0.4, -0.2) is 33.7 Å². The lowest BCUT2D eigenvalue weighted by Crippen LogP contribution is -2.25. The van der Waals surface area contributed by atoms with Gasteiger partial charge in [0.25, 0.3) is 5.56 Å². The summed E-state index contributed by atoms with van der Waals surface area (Å²) >= 11 is 0. The van der Waals surface area contributed by atoms with Crippen LogP contribution in [0.15, 0.2) is 53.3 Å². The Morgan fingerprint density at radius 2 is 1.80 bits per heavy atom. The Labute approximate surface area is 172 Å². The number of rotatable bonds is 7. The van der Waals surface area contributed by atoms with Crippen molar-refractivity contribution < 1.29 is 19.1 Å². The van der Waals surface area contributed by atoms with Crippen molar-refractivity contribution in [3.8, 4) is 0 Å². The summed E-state index contributed by atoms with van der Waals surface area (Å²) in [5.74, 6) is -0.752. The Balaban J connectivity index is 1.57. The summed E-state index contributed by atoms with van der Waals surface area (Å²) in [7, 11) is 0. The lowest BCUT2D eigenvalue weighted by atomic mass is 10.1. The van der Waals surface area contributed by atoms with Crippen molar-refractivity contribution in [2.75, 3.05) is 5.32 Å². The van der Waals surface area contributed by atoms with E-state index in [1.54, 1.807) is 48.5 Å². The van der Waals surface area contributed by atoms with Crippen LogP contribution in [0.2, 0.25) is 0 Å². The van der Waals surface area contributed by atoms with Crippen LogP contribution in [-0.2, 0) is 20.7 Å². The number of para-hydroxylation sites is 1. The Bertz CT molecular complexity index is 1150. The number of nitrogens with zero attached hydrogens (tertiary/aromatic N) is 1. The third-order valence-electron chi connectivity index (χ3n) is 4.40. The number of carbonyl (C=O) groups is 3. The molecule has 0 saturated carbocycles. The number of aromatic nitrogens is 2. The predicted octanol–water partition coefficient (Wildman–Crippen LogP) is 2.63. The molecule has 0 bridgehead atoms. The maximum absolute atomic E-state index is 12.5. The smallest absolute Gasteiger partial charge is 0.306 e. The Morgan fingerprint density at radius 3 is 2.50 bits per heavy atom. The lowest BCUT2D eigenvalue weighted by Gasteiger charge is -2.13. The third-order valence-corrected chi connectivity index (χ3v) is 4.40. The van der Waals surface area contributed by atoms with Gasteiger partial charge in [-0.3, -0.25) is 19.2 Å². The number of fused-ring (bicyclic) bond motifs is 1. The highest BCUT2D eigenvalue weighted by atomic mass is 16.5. The fraction of sp³-hybridized carbons (Fsp3) is 0.227. The summed E-state index contributed by atoms with van der Waals surface area (Å²) in [4.78, 5) is 54.7. The van der Waals surface area contributed by atoms with Gasteiger partial charge in [-0.25, -0.2) is 4.98 Å². The number of H-pyrrole nitrogens is 1. The summed E-state index contributed by atoms with van der Waals surface area (Å²) in [5.41, 5.74) is 1.22. The molecule has 154 valence electrons. The average molecular weight is 407 g/mol. The van der Waals surface area contributed by atoms with E-state index in [2.05, 4.69) is 15.3 Å². The molecule has 3 aromatic rings. The van der Waals surface area contributed by atoms with E-state index in [1.165, 1.54) is 13.8 Å². The molecule has 0 radical (unpaired) electrons. The minimum Gasteiger partial charge on any atom is -0.454 e. The molecule has 1 atom stereocenters. The van der Waals surface area contributed by atoms with Crippen molar-refractivity contribution in [2.24, 2.45) is 0 Å². The first-order valence-corrected chi connectivity index (χ1v) is 9.43. The van der Waals surface area contributed by atoms with Crippen molar-refractivity contribution in [3.63, 3.8) is 0 Å². The minimum atomic E-state index is -0.965. The topological polar surface area (TPSA) is 118 Å². The molecule has 0 fully saturated rings. The molecule has 2 aromatic carbocycles. The molecule has 3 rings (SSSR count). The van der Waals surface area contributed by atoms with Crippen LogP contribution in [0.1, 0.15) is 36.5 Å². The Hall–Kier alpha value is -3.81. The quantitative estimate of drug-likeness (QED) is 0.459. The zero-order chi connectivity index (χ0) is 21.7. The van der Waals surface area contributed by atoms with Crippen molar-refractivity contribution in [1.29, 1.82) is 0 Å². The summed E-state index contributed by atoms with van der Waals surface area (Å²) in [5, 5.41) is 3.09. The number of aryl methyl sites for hydroxylation is 1. The minimum absolute atomic E-state index is 0.0274. The van der Waals surface area contributed by atoms with Crippen LogP contribution in [0.5, 0.6) is 0 Å². The second-order valence-corrected chi connectivity index (χ2v) is 6.78. The zero-order valence-electron chi connectivity index (χ0n) is 16.6.